The van der Waals surface area contributed by atoms with Gasteiger partial charge in [0.1, 0.15) is 5.82 Å². The summed E-state index contributed by atoms with van der Waals surface area (Å²) in [5, 5.41) is 6.89. The fourth-order valence-corrected chi connectivity index (χ4v) is 2.32. The predicted octanol–water partition coefficient (Wildman–Crippen LogP) is 3.85. The first-order valence-electron chi connectivity index (χ1n) is 6.96. The van der Waals surface area contributed by atoms with E-state index in [1.54, 1.807) is 17.1 Å². The molecule has 0 bridgehead atoms. The molecule has 2 aromatic carbocycles. The molecule has 0 aliphatic carbocycles. The third-order valence-corrected chi connectivity index (χ3v) is 3.51. The Morgan fingerprint density at radius 2 is 2.00 bits per heavy atom. The minimum Gasteiger partial charge on any atom is -0.326 e. The van der Waals surface area contributed by atoms with Crippen LogP contribution in [0.25, 0.3) is 5.69 Å². The molecule has 0 aliphatic heterocycles. The third kappa shape index (κ3) is 3.76. The molecule has 1 N–H and O–H groups in total. The molecule has 0 radical (unpaired) electrons. The molecule has 4 nitrogen and oxygen atoms in total. The summed E-state index contributed by atoms with van der Waals surface area (Å²) < 4.78 is 14.8. The normalized spacial score (nSPS) is 10.5. The van der Waals surface area contributed by atoms with Crippen molar-refractivity contribution in [3.63, 3.8) is 0 Å². The lowest BCUT2D eigenvalue weighted by atomic mass is 10.2. The zero-order chi connectivity index (χ0) is 16.2. The number of amides is 1. The van der Waals surface area contributed by atoms with Crippen molar-refractivity contribution < 1.29 is 9.18 Å². The number of aromatic nitrogens is 2. The molecule has 6 heteroatoms. The summed E-state index contributed by atoms with van der Waals surface area (Å²) in [6.45, 7) is 0. The minimum atomic E-state index is -0.520. The number of anilines is 1. The molecular formula is C17H13ClFN3O. The molecule has 23 heavy (non-hydrogen) atoms. The van der Waals surface area contributed by atoms with Gasteiger partial charge in [-0.3, -0.25) is 4.79 Å². The van der Waals surface area contributed by atoms with Crippen LogP contribution in [0.1, 0.15) is 5.56 Å². The second-order valence-electron chi connectivity index (χ2n) is 4.98. The average molecular weight is 330 g/mol. The summed E-state index contributed by atoms with van der Waals surface area (Å²) in [4.78, 5) is 12.0. The van der Waals surface area contributed by atoms with Crippen molar-refractivity contribution >= 4 is 23.2 Å². The van der Waals surface area contributed by atoms with E-state index in [9.17, 15) is 9.18 Å². The van der Waals surface area contributed by atoms with Gasteiger partial charge in [-0.25, -0.2) is 9.07 Å². The summed E-state index contributed by atoms with van der Waals surface area (Å²) >= 11 is 5.69. The number of carbonyl (C=O) groups is 1. The Kier molecular flexibility index (Phi) is 4.39. The molecule has 0 spiro atoms. The maximum Gasteiger partial charge on any atom is 0.228 e. The van der Waals surface area contributed by atoms with E-state index >= 15 is 0 Å². The van der Waals surface area contributed by atoms with Crippen LogP contribution in [0.2, 0.25) is 5.02 Å². The maximum absolute atomic E-state index is 13.1. The number of benzene rings is 2. The molecule has 1 amide bonds. The summed E-state index contributed by atoms with van der Waals surface area (Å²) in [6, 6.07) is 13.7. The molecule has 1 heterocycles. The summed E-state index contributed by atoms with van der Waals surface area (Å²) in [5.41, 5.74) is 2.15. The SMILES string of the molecule is O=C(Cc1cnn(-c2ccccc2)c1)Nc1ccc(F)c(Cl)c1. The molecule has 3 rings (SSSR count). The van der Waals surface area contributed by atoms with Gasteiger partial charge in [0, 0.05) is 11.9 Å². The first kappa shape index (κ1) is 15.2. The van der Waals surface area contributed by atoms with Crippen LogP contribution in [0.5, 0.6) is 0 Å². The van der Waals surface area contributed by atoms with E-state index in [1.165, 1.54) is 18.2 Å². The van der Waals surface area contributed by atoms with Crippen LogP contribution in [0.4, 0.5) is 10.1 Å². The van der Waals surface area contributed by atoms with Crippen molar-refractivity contribution in [2.75, 3.05) is 5.32 Å². The maximum atomic E-state index is 13.1. The van der Waals surface area contributed by atoms with E-state index in [0.29, 0.717) is 5.69 Å². The molecular weight excluding hydrogens is 317 g/mol. The van der Waals surface area contributed by atoms with Gasteiger partial charge in [-0.2, -0.15) is 5.10 Å². The number of rotatable bonds is 4. The van der Waals surface area contributed by atoms with Crippen molar-refractivity contribution in [2.24, 2.45) is 0 Å². The van der Waals surface area contributed by atoms with Crippen LogP contribution in [-0.2, 0) is 11.2 Å². The second-order valence-corrected chi connectivity index (χ2v) is 5.39. The Bertz CT molecular complexity index is 833. The Morgan fingerprint density at radius 3 is 2.74 bits per heavy atom. The lowest BCUT2D eigenvalue weighted by molar-refractivity contribution is -0.115. The van der Waals surface area contributed by atoms with E-state index in [4.69, 9.17) is 11.6 Å². The molecule has 1 aromatic heterocycles. The van der Waals surface area contributed by atoms with Crippen LogP contribution >= 0.6 is 11.6 Å². The molecule has 0 unspecified atom stereocenters. The van der Waals surface area contributed by atoms with Crippen molar-refractivity contribution in [2.45, 2.75) is 6.42 Å². The van der Waals surface area contributed by atoms with E-state index in [2.05, 4.69) is 10.4 Å². The van der Waals surface area contributed by atoms with E-state index in [0.717, 1.165) is 11.3 Å². The van der Waals surface area contributed by atoms with Crippen LogP contribution in [-0.4, -0.2) is 15.7 Å². The molecule has 116 valence electrons. The number of nitrogens with one attached hydrogen (secondary N) is 1. The fourth-order valence-electron chi connectivity index (χ4n) is 2.14. The Balaban J connectivity index is 1.66. The highest BCUT2D eigenvalue weighted by Gasteiger charge is 2.08. The van der Waals surface area contributed by atoms with Gasteiger partial charge < -0.3 is 5.32 Å². The third-order valence-electron chi connectivity index (χ3n) is 3.22. The topological polar surface area (TPSA) is 46.9 Å². The van der Waals surface area contributed by atoms with Crippen LogP contribution in [0, 0.1) is 5.82 Å². The number of halogens is 2. The van der Waals surface area contributed by atoms with Crippen molar-refractivity contribution in [1.82, 2.24) is 9.78 Å². The number of carbonyl (C=O) groups excluding carboxylic acids is 1. The van der Waals surface area contributed by atoms with E-state index in [-0.39, 0.29) is 17.4 Å². The molecule has 3 aromatic rings. The molecule has 0 fully saturated rings. The van der Waals surface area contributed by atoms with Gasteiger partial charge in [-0.1, -0.05) is 29.8 Å². The molecule has 0 saturated carbocycles. The lowest BCUT2D eigenvalue weighted by Gasteiger charge is -2.05. The van der Waals surface area contributed by atoms with E-state index < -0.39 is 5.82 Å². The summed E-state index contributed by atoms with van der Waals surface area (Å²) in [7, 11) is 0. The largest absolute Gasteiger partial charge is 0.326 e. The highest BCUT2D eigenvalue weighted by atomic mass is 35.5. The first-order chi connectivity index (χ1) is 11.1. The average Bonchev–Trinajstić information content (AvgIpc) is 3.00. The lowest BCUT2D eigenvalue weighted by Crippen LogP contribution is -2.14. The summed E-state index contributed by atoms with van der Waals surface area (Å²) in [5.74, 6) is -0.742. The van der Waals surface area contributed by atoms with Crippen LogP contribution < -0.4 is 5.32 Å². The monoisotopic (exact) mass is 329 g/mol. The molecule has 0 saturated heterocycles. The zero-order valence-corrected chi connectivity index (χ0v) is 12.8. The standard InChI is InChI=1S/C17H13ClFN3O/c18-15-9-13(6-7-16(15)19)21-17(23)8-12-10-20-22(11-12)14-4-2-1-3-5-14/h1-7,9-11H,8H2,(H,21,23). The number of para-hydroxylation sites is 1. The van der Waals surface area contributed by atoms with Crippen molar-refractivity contribution in [3.05, 3.63) is 77.3 Å². The smallest absolute Gasteiger partial charge is 0.228 e. The quantitative estimate of drug-likeness (QED) is 0.790. The molecule has 0 atom stereocenters. The minimum absolute atomic E-state index is 0.0281. The van der Waals surface area contributed by atoms with E-state index in [1.807, 2.05) is 30.3 Å². The van der Waals surface area contributed by atoms with Gasteiger partial charge in [-0.05, 0) is 35.9 Å². The van der Waals surface area contributed by atoms with Gasteiger partial charge in [-0.15, -0.1) is 0 Å². The van der Waals surface area contributed by atoms with Gasteiger partial charge in [0.05, 0.1) is 23.3 Å². The second kappa shape index (κ2) is 6.62. The summed E-state index contributed by atoms with van der Waals surface area (Å²) in [6.07, 6.45) is 3.61. The zero-order valence-electron chi connectivity index (χ0n) is 12.0. The van der Waals surface area contributed by atoms with Crippen LogP contribution in [0.3, 0.4) is 0 Å². The van der Waals surface area contributed by atoms with Crippen molar-refractivity contribution in [1.29, 1.82) is 0 Å². The van der Waals surface area contributed by atoms with Crippen LogP contribution in [0.15, 0.2) is 60.9 Å². The highest BCUT2D eigenvalue weighted by molar-refractivity contribution is 6.31. The van der Waals surface area contributed by atoms with Gasteiger partial charge in [0.15, 0.2) is 0 Å². The predicted molar refractivity (Wildman–Crippen MR) is 87.3 cm³/mol. The Labute approximate surface area is 137 Å². The Morgan fingerprint density at radius 1 is 1.22 bits per heavy atom. The molecule has 0 aliphatic rings. The van der Waals surface area contributed by atoms with Gasteiger partial charge in [0.2, 0.25) is 5.91 Å². The number of nitrogens with zero attached hydrogens (tertiary/aromatic N) is 2. The van der Waals surface area contributed by atoms with Gasteiger partial charge in [0.25, 0.3) is 0 Å². The Hall–Kier alpha value is -2.66. The highest BCUT2D eigenvalue weighted by Crippen LogP contribution is 2.19. The number of hydrogen-bond donors (Lipinski definition) is 1. The van der Waals surface area contributed by atoms with Crippen molar-refractivity contribution in [3.8, 4) is 5.69 Å². The fraction of sp³-hybridized carbons (Fsp3) is 0.0588. The van der Waals surface area contributed by atoms with Gasteiger partial charge >= 0.3 is 0 Å². The first-order valence-corrected chi connectivity index (χ1v) is 7.33. The number of hydrogen-bond acceptors (Lipinski definition) is 2.